The van der Waals surface area contributed by atoms with E-state index in [9.17, 15) is 0 Å². The van der Waals surface area contributed by atoms with Gasteiger partial charge in [-0.2, -0.15) is 5.10 Å². The largest absolute Gasteiger partial charge is 0.384 e. The van der Waals surface area contributed by atoms with Crippen LogP contribution in [-0.2, 0) is 0 Å². The average Bonchev–Trinajstić information content (AvgIpc) is 2.53. The topological polar surface area (TPSA) is 43.8 Å². The molecule has 0 saturated heterocycles. The van der Waals surface area contributed by atoms with Gasteiger partial charge in [-0.15, -0.1) is 0 Å². The zero-order valence-corrected chi connectivity index (χ0v) is 9.90. The van der Waals surface area contributed by atoms with Crippen molar-refractivity contribution in [2.45, 2.75) is 46.1 Å². The Kier molecular flexibility index (Phi) is 2.72. The van der Waals surface area contributed by atoms with Crippen molar-refractivity contribution in [3.63, 3.8) is 0 Å². The van der Waals surface area contributed by atoms with Crippen LogP contribution in [0.25, 0.3) is 0 Å². The van der Waals surface area contributed by atoms with Crippen LogP contribution >= 0.6 is 0 Å². The fourth-order valence-electron chi connectivity index (χ4n) is 2.62. The molecule has 0 bridgehead atoms. The maximum atomic E-state index is 6.04. The van der Waals surface area contributed by atoms with Gasteiger partial charge in [-0.3, -0.25) is 0 Å². The van der Waals surface area contributed by atoms with Gasteiger partial charge in [0.1, 0.15) is 5.82 Å². The lowest BCUT2D eigenvalue weighted by molar-refractivity contribution is 0.176. The van der Waals surface area contributed by atoms with Crippen LogP contribution in [0.3, 0.4) is 0 Å². The van der Waals surface area contributed by atoms with Crippen molar-refractivity contribution < 1.29 is 0 Å². The second-order valence-electron chi connectivity index (χ2n) is 4.99. The van der Waals surface area contributed by atoms with E-state index in [0.717, 1.165) is 17.3 Å². The highest BCUT2D eigenvalue weighted by molar-refractivity contribution is 5.37. The number of aromatic nitrogens is 2. The predicted octanol–water partition coefficient (Wildman–Crippen LogP) is 2.77. The van der Waals surface area contributed by atoms with Gasteiger partial charge < -0.3 is 5.73 Å². The molecule has 2 N–H and O–H groups in total. The third kappa shape index (κ3) is 1.75. The number of nitrogens with two attached hydrogens (primary N) is 1. The number of anilines is 1. The minimum Gasteiger partial charge on any atom is -0.384 e. The molecule has 2 rings (SSSR count). The molecule has 3 atom stereocenters. The van der Waals surface area contributed by atoms with Crippen molar-refractivity contribution in [3.05, 3.63) is 11.8 Å². The Bertz CT molecular complexity index is 343. The van der Waals surface area contributed by atoms with Crippen molar-refractivity contribution in [1.29, 1.82) is 0 Å². The van der Waals surface area contributed by atoms with E-state index in [1.165, 1.54) is 19.3 Å². The summed E-state index contributed by atoms with van der Waals surface area (Å²) in [6.45, 7) is 6.68. The molecule has 1 aromatic rings. The molecular formula is C12H21N3. The van der Waals surface area contributed by atoms with Crippen LogP contribution in [0.2, 0.25) is 0 Å². The first-order chi connectivity index (χ1) is 7.11. The molecule has 3 unspecified atom stereocenters. The fourth-order valence-corrected chi connectivity index (χ4v) is 2.62. The summed E-state index contributed by atoms with van der Waals surface area (Å²) in [5.41, 5.74) is 7.14. The van der Waals surface area contributed by atoms with Crippen LogP contribution in [0.5, 0.6) is 0 Å². The number of nitrogens with zero attached hydrogens (tertiary/aromatic N) is 2. The van der Waals surface area contributed by atoms with Crippen molar-refractivity contribution in [2.24, 2.45) is 11.8 Å². The van der Waals surface area contributed by atoms with Gasteiger partial charge in [-0.25, -0.2) is 4.68 Å². The monoisotopic (exact) mass is 207 g/mol. The van der Waals surface area contributed by atoms with Crippen LogP contribution in [0, 0.1) is 18.8 Å². The molecule has 1 heterocycles. The second kappa shape index (κ2) is 3.87. The van der Waals surface area contributed by atoms with Crippen LogP contribution in [0.15, 0.2) is 6.20 Å². The standard InChI is InChI=1S/C12H21N3/c1-8-5-4-6-11(10(8)3)15-12(13)9(2)7-14-15/h7-8,10-11H,4-6,13H2,1-3H3. The van der Waals surface area contributed by atoms with Crippen molar-refractivity contribution >= 4 is 5.82 Å². The molecule has 84 valence electrons. The molecular weight excluding hydrogens is 186 g/mol. The Hall–Kier alpha value is -0.990. The van der Waals surface area contributed by atoms with Crippen LogP contribution < -0.4 is 5.73 Å². The van der Waals surface area contributed by atoms with Gasteiger partial charge in [-0.05, 0) is 25.2 Å². The Morgan fingerprint density at radius 2 is 2.13 bits per heavy atom. The third-order valence-electron chi connectivity index (χ3n) is 4.00. The SMILES string of the molecule is Cc1cnn(C2CCCC(C)C2C)c1N. The van der Waals surface area contributed by atoms with Gasteiger partial charge in [0.05, 0.1) is 12.2 Å². The highest BCUT2D eigenvalue weighted by Gasteiger charge is 2.29. The molecule has 0 aromatic carbocycles. The summed E-state index contributed by atoms with van der Waals surface area (Å²) in [5.74, 6) is 2.31. The number of aryl methyl sites for hydroxylation is 1. The summed E-state index contributed by atoms with van der Waals surface area (Å²) in [7, 11) is 0. The molecule has 0 radical (unpaired) electrons. The first-order valence-electron chi connectivity index (χ1n) is 5.91. The van der Waals surface area contributed by atoms with Gasteiger partial charge in [0.15, 0.2) is 0 Å². The predicted molar refractivity (Wildman–Crippen MR) is 62.6 cm³/mol. The minimum absolute atomic E-state index is 0.502. The van der Waals surface area contributed by atoms with Gasteiger partial charge in [-0.1, -0.05) is 26.7 Å². The first-order valence-corrected chi connectivity index (χ1v) is 5.91. The first kappa shape index (κ1) is 10.5. The highest BCUT2D eigenvalue weighted by atomic mass is 15.3. The molecule has 0 spiro atoms. The molecule has 1 saturated carbocycles. The summed E-state index contributed by atoms with van der Waals surface area (Å²) >= 11 is 0. The summed E-state index contributed by atoms with van der Waals surface area (Å²) < 4.78 is 2.04. The summed E-state index contributed by atoms with van der Waals surface area (Å²) in [6.07, 6.45) is 5.74. The minimum atomic E-state index is 0.502. The van der Waals surface area contributed by atoms with E-state index in [-0.39, 0.29) is 0 Å². The van der Waals surface area contributed by atoms with E-state index >= 15 is 0 Å². The van der Waals surface area contributed by atoms with Gasteiger partial charge in [0.25, 0.3) is 0 Å². The number of hydrogen-bond acceptors (Lipinski definition) is 2. The molecule has 3 heteroatoms. The third-order valence-corrected chi connectivity index (χ3v) is 4.00. The van der Waals surface area contributed by atoms with Crippen molar-refractivity contribution in [1.82, 2.24) is 9.78 Å². The fraction of sp³-hybridized carbons (Fsp3) is 0.750. The number of rotatable bonds is 1. The normalized spacial score (nSPS) is 31.8. The van der Waals surface area contributed by atoms with Gasteiger partial charge >= 0.3 is 0 Å². The second-order valence-corrected chi connectivity index (χ2v) is 4.99. The summed E-state index contributed by atoms with van der Waals surface area (Å²) in [5, 5.41) is 4.42. The molecule has 1 fully saturated rings. The maximum absolute atomic E-state index is 6.04. The van der Waals surface area contributed by atoms with E-state index in [4.69, 9.17) is 5.73 Å². The summed E-state index contributed by atoms with van der Waals surface area (Å²) in [6, 6.07) is 0.502. The van der Waals surface area contributed by atoms with Crippen LogP contribution in [-0.4, -0.2) is 9.78 Å². The zero-order valence-electron chi connectivity index (χ0n) is 9.90. The quantitative estimate of drug-likeness (QED) is 0.769. The van der Waals surface area contributed by atoms with Crippen LogP contribution in [0.4, 0.5) is 5.82 Å². The molecule has 15 heavy (non-hydrogen) atoms. The van der Waals surface area contributed by atoms with Gasteiger partial charge in [0, 0.05) is 5.56 Å². The number of nitrogen functional groups attached to an aromatic ring is 1. The Morgan fingerprint density at radius 1 is 1.40 bits per heavy atom. The van der Waals surface area contributed by atoms with Crippen LogP contribution in [0.1, 0.15) is 44.7 Å². The van der Waals surface area contributed by atoms with E-state index in [1.807, 2.05) is 17.8 Å². The summed E-state index contributed by atoms with van der Waals surface area (Å²) in [4.78, 5) is 0. The smallest absolute Gasteiger partial charge is 0.124 e. The molecule has 0 aliphatic heterocycles. The highest BCUT2D eigenvalue weighted by Crippen LogP contribution is 2.38. The van der Waals surface area contributed by atoms with Gasteiger partial charge in [0.2, 0.25) is 0 Å². The molecule has 1 aliphatic rings. The van der Waals surface area contributed by atoms with E-state index in [2.05, 4.69) is 18.9 Å². The van der Waals surface area contributed by atoms with E-state index in [0.29, 0.717) is 12.0 Å². The lowest BCUT2D eigenvalue weighted by atomic mass is 9.78. The Morgan fingerprint density at radius 3 is 2.73 bits per heavy atom. The zero-order chi connectivity index (χ0) is 11.0. The Labute approximate surface area is 91.7 Å². The maximum Gasteiger partial charge on any atom is 0.124 e. The van der Waals surface area contributed by atoms with Crippen molar-refractivity contribution in [2.75, 3.05) is 5.73 Å². The van der Waals surface area contributed by atoms with E-state index < -0.39 is 0 Å². The van der Waals surface area contributed by atoms with E-state index in [1.54, 1.807) is 0 Å². The lowest BCUT2D eigenvalue weighted by Gasteiger charge is -2.34. The van der Waals surface area contributed by atoms with Crippen molar-refractivity contribution in [3.8, 4) is 0 Å². The molecule has 1 aromatic heterocycles. The molecule has 0 amide bonds. The Balaban J connectivity index is 2.26. The lowest BCUT2D eigenvalue weighted by Crippen LogP contribution is -2.28. The average molecular weight is 207 g/mol. The molecule has 3 nitrogen and oxygen atoms in total. The number of hydrogen-bond donors (Lipinski definition) is 1. The molecule has 1 aliphatic carbocycles.